The molecule has 0 N–H and O–H groups in total. The van der Waals surface area contributed by atoms with E-state index in [9.17, 15) is 9.59 Å². The number of fused-ring (bicyclic) bond motifs is 3. The Labute approximate surface area is 128 Å². The summed E-state index contributed by atoms with van der Waals surface area (Å²) < 4.78 is 1.53. The van der Waals surface area contributed by atoms with Gasteiger partial charge in [0.2, 0.25) is 5.91 Å². The molecule has 0 radical (unpaired) electrons. The lowest BCUT2D eigenvalue weighted by atomic mass is 9.99. The molecule has 6 nitrogen and oxygen atoms in total. The van der Waals surface area contributed by atoms with E-state index in [1.165, 1.54) is 4.68 Å². The average molecular weight is 311 g/mol. The van der Waals surface area contributed by atoms with Crippen LogP contribution in [0.25, 0.3) is 0 Å². The third kappa shape index (κ3) is 2.52. The minimum Gasteiger partial charge on any atom is -0.341 e. The lowest BCUT2D eigenvalue weighted by Gasteiger charge is -2.29. The number of aromatic nitrogens is 2. The first-order valence-corrected chi connectivity index (χ1v) is 7.60. The van der Waals surface area contributed by atoms with Crippen molar-refractivity contribution in [2.24, 2.45) is 13.0 Å². The molecule has 0 aliphatic carbocycles. The van der Waals surface area contributed by atoms with Gasteiger partial charge in [-0.05, 0) is 12.8 Å². The first-order valence-electron chi connectivity index (χ1n) is 7.22. The van der Waals surface area contributed by atoms with Crippen molar-refractivity contribution in [1.29, 1.82) is 0 Å². The van der Waals surface area contributed by atoms with Crippen molar-refractivity contribution in [3.05, 3.63) is 16.9 Å². The first-order chi connectivity index (χ1) is 9.97. The predicted octanol–water partition coefficient (Wildman–Crippen LogP) is 1.16. The Bertz CT molecular complexity index is 586. The van der Waals surface area contributed by atoms with E-state index in [4.69, 9.17) is 11.6 Å². The van der Waals surface area contributed by atoms with Crippen molar-refractivity contribution < 1.29 is 9.59 Å². The molecule has 3 rings (SSSR count). The standard InChI is InChI=1S/C14H19ClN4O2/c1-17-8-11(15)12(16-17)14(21)19-6-9-4-3-5-10(7-19)18(2)13(9)20/h8-10H,3-7H2,1-2H3/t9-,10+/m1/s1. The molecule has 2 atom stereocenters. The molecule has 1 aromatic heterocycles. The second kappa shape index (κ2) is 5.33. The summed E-state index contributed by atoms with van der Waals surface area (Å²) in [6.07, 6.45) is 4.44. The van der Waals surface area contributed by atoms with Gasteiger partial charge in [-0.15, -0.1) is 0 Å². The maximum absolute atomic E-state index is 12.7. The molecule has 114 valence electrons. The second-order valence-electron chi connectivity index (χ2n) is 5.94. The number of carbonyl (C=O) groups excluding carboxylic acids is 2. The molecule has 0 aromatic carbocycles. The lowest BCUT2D eigenvalue weighted by Crippen LogP contribution is -2.42. The van der Waals surface area contributed by atoms with E-state index in [0.717, 1.165) is 19.3 Å². The molecule has 0 unspecified atom stereocenters. The summed E-state index contributed by atoms with van der Waals surface area (Å²) in [5, 5.41) is 4.50. The third-order valence-electron chi connectivity index (χ3n) is 4.48. The first kappa shape index (κ1) is 14.4. The van der Waals surface area contributed by atoms with Crippen molar-refractivity contribution in [2.75, 3.05) is 20.1 Å². The lowest BCUT2D eigenvalue weighted by molar-refractivity contribution is -0.134. The molecule has 2 aliphatic heterocycles. The van der Waals surface area contributed by atoms with Crippen molar-refractivity contribution in [3.63, 3.8) is 0 Å². The summed E-state index contributed by atoms with van der Waals surface area (Å²) in [7, 11) is 3.57. The number of hydrogen-bond donors (Lipinski definition) is 0. The molecular formula is C14H19ClN4O2. The number of likely N-dealkylation sites (N-methyl/N-ethyl adjacent to an activating group) is 1. The van der Waals surface area contributed by atoms with Gasteiger partial charge in [-0.3, -0.25) is 14.3 Å². The average Bonchev–Trinajstić information content (AvgIpc) is 2.63. The minimum absolute atomic E-state index is 0.0939. The molecule has 2 fully saturated rings. The number of likely N-dealkylation sites (tertiary alicyclic amines) is 1. The van der Waals surface area contributed by atoms with Gasteiger partial charge >= 0.3 is 0 Å². The number of rotatable bonds is 1. The zero-order valence-electron chi connectivity index (χ0n) is 12.3. The molecule has 0 spiro atoms. The van der Waals surface area contributed by atoms with E-state index >= 15 is 0 Å². The molecule has 7 heteroatoms. The number of amides is 2. The number of aryl methyl sites for hydroxylation is 1. The van der Waals surface area contributed by atoms with Crippen LogP contribution in [0.1, 0.15) is 29.8 Å². The molecule has 3 heterocycles. The Morgan fingerprint density at radius 1 is 1.33 bits per heavy atom. The molecule has 0 saturated carbocycles. The molecule has 2 amide bonds. The van der Waals surface area contributed by atoms with Gasteiger partial charge in [-0.2, -0.15) is 5.10 Å². The van der Waals surface area contributed by atoms with E-state index < -0.39 is 0 Å². The maximum Gasteiger partial charge on any atom is 0.276 e. The Balaban J connectivity index is 1.88. The Kier molecular flexibility index (Phi) is 3.65. The highest BCUT2D eigenvalue weighted by Gasteiger charge is 2.38. The fraction of sp³-hybridized carbons (Fsp3) is 0.643. The highest BCUT2D eigenvalue weighted by molar-refractivity contribution is 6.33. The Morgan fingerprint density at radius 3 is 2.76 bits per heavy atom. The summed E-state index contributed by atoms with van der Waals surface area (Å²) in [6, 6.07) is 0.0939. The fourth-order valence-corrected chi connectivity index (χ4v) is 3.54. The number of nitrogens with zero attached hydrogens (tertiary/aromatic N) is 4. The van der Waals surface area contributed by atoms with E-state index in [1.54, 1.807) is 18.1 Å². The van der Waals surface area contributed by atoms with Gasteiger partial charge in [0.05, 0.1) is 10.9 Å². The monoisotopic (exact) mass is 310 g/mol. The Morgan fingerprint density at radius 2 is 2.10 bits per heavy atom. The van der Waals surface area contributed by atoms with E-state index in [-0.39, 0.29) is 29.5 Å². The SMILES string of the molecule is CN1C(=O)[C@@H]2CCC[C@H]1CN(C(=O)c1nn(C)cc1Cl)C2. The zero-order valence-corrected chi connectivity index (χ0v) is 13.0. The molecule has 21 heavy (non-hydrogen) atoms. The van der Waals surface area contributed by atoms with Crippen molar-refractivity contribution in [1.82, 2.24) is 19.6 Å². The van der Waals surface area contributed by atoms with Crippen molar-refractivity contribution in [2.45, 2.75) is 25.3 Å². The van der Waals surface area contributed by atoms with E-state index in [0.29, 0.717) is 18.1 Å². The van der Waals surface area contributed by atoms with Crippen LogP contribution in [0.4, 0.5) is 0 Å². The van der Waals surface area contributed by atoms with Crippen LogP contribution < -0.4 is 0 Å². The van der Waals surface area contributed by atoms with Crippen LogP contribution in [0.15, 0.2) is 6.20 Å². The van der Waals surface area contributed by atoms with Crippen LogP contribution in [0.5, 0.6) is 0 Å². The van der Waals surface area contributed by atoms with Gasteiger partial charge in [0.15, 0.2) is 5.69 Å². The predicted molar refractivity (Wildman–Crippen MR) is 78.0 cm³/mol. The van der Waals surface area contributed by atoms with Gasteiger partial charge in [0, 0.05) is 39.4 Å². The van der Waals surface area contributed by atoms with Gasteiger partial charge in [-0.25, -0.2) is 0 Å². The van der Waals surface area contributed by atoms with E-state index in [1.807, 2.05) is 11.9 Å². The summed E-state index contributed by atoms with van der Waals surface area (Å²) in [5.74, 6) is -0.130. The molecular weight excluding hydrogens is 292 g/mol. The minimum atomic E-state index is -0.180. The topological polar surface area (TPSA) is 58.4 Å². The van der Waals surface area contributed by atoms with Crippen LogP contribution in [0, 0.1) is 5.92 Å². The quantitative estimate of drug-likeness (QED) is 0.782. The van der Waals surface area contributed by atoms with Crippen LogP contribution >= 0.6 is 11.6 Å². The number of halogens is 1. The summed E-state index contributed by atoms with van der Waals surface area (Å²) in [5.41, 5.74) is 0.272. The normalized spacial score (nSPS) is 26.0. The van der Waals surface area contributed by atoms with E-state index in [2.05, 4.69) is 5.10 Å². The second-order valence-corrected chi connectivity index (χ2v) is 6.35. The largest absolute Gasteiger partial charge is 0.341 e. The number of carbonyl (C=O) groups is 2. The maximum atomic E-state index is 12.7. The third-order valence-corrected chi connectivity index (χ3v) is 4.76. The van der Waals surface area contributed by atoms with Gasteiger partial charge in [0.25, 0.3) is 5.91 Å². The van der Waals surface area contributed by atoms with Crippen molar-refractivity contribution >= 4 is 23.4 Å². The Hall–Kier alpha value is -1.56. The smallest absolute Gasteiger partial charge is 0.276 e. The molecule has 1 aromatic rings. The molecule has 2 bridgehead atoms. The highest BCUT2D eigenvalue weighted by Crippen LogP contribution is 2.28. The van der Waals surface area contributed by atoms with Crippen LogP contribution in [0.3, 0.4) is 0 Å². The highest BCUT2D eigenvalue weighted by atomic mass is 35.5. The van der Waals surface area contributed by atoms with Crippen molar-refractivity contribution in [3.8, 4) is 0 Å². The van der Waals surface area contributed by atoms with Crippen LogP contribution in [0.2, 0.25) is 5.02 Å². The summed E-state index contributed by atoms with van der Waals surface area (Å²) in [6.45, 7) is 1.02. The number of hydrogen-bond acceptors (Lipinski definition) is 3. The van der Waals surface area contributed by atoms with Crippen LogP contribution in [-0.2, 0) is 11.8 Å². The van der Waals surface area contributed by atoms with Crippen LogP contribution in [-0.4, -0.2) is 57.6 Å². The summed E-state index contributed by atoms with van der Waals surface area (Å²) >= 11 is 6.07. The molecule has 2 aliphatic rings. The van der Waals surface area contributed by atoms with Gasteiger partial charge < -0.3 is 9.80 Å². The van der Waals surface area contributed by atoms with Gasteiger partial charge in [0.1, 0.15) is 0 Å². The fourth-order valence-electron chi connectivity index (χ4n) is 3.28. The molecule has 2 saturated heterocycles. The summed E-state index contributed by atoms with van der Waals surface area (Å²) in [4.78, 5) is 28.6. The zero-order chi connectivity index (χ0) is 15.1. The van der Waals surface area contributed by atoms with Gasteiger partial charge in [-0.1, -0.05) is 18.0 Å².